The highest BCUT2D eigenvalue weighted by Crippen LogP contribution is 2.32. The van der Waals surface area contributed by atoms with Crippen molar-refractivity contribution in [3.63, 3.8) is 0 Å². The number of carbonyl (C=O) groups excluding carboxylic acids is 5. The maximum absolute atomic E-state index is 12.6. The van der Waals surface area contributed by atoms with Crippen molar-refractivity contribution in [2.24, 2.45) is 0 Å². The van der Waals surface area contributed by atoms with Gasteiger partial charge in [-0.15, -0.1) is 11.3 Å². The molecule has 2 aromatic rings. The van der Waals surface area contributed by atoms with Gasteiger partial charge in [0.05, 0.1) is 23.2 Å². The molecule has 1 aromatic heterocycles. The lowest BCUT2D eigenvalue weighted by Crippen LogP contribution is -2.63. The molecule has 0 aliphatic carbocycles. The van der Waals surface area contributed by atoms with Gasteiger partial charge in [-0.3, -0.25) is 24.0 Å². The second kappa shape index (κ2) is 13.2. The molecule has 0 bridgehead atoms. The highest BCUT2D eigenvalue weighted by molar-refractivity contribution is 7.07. The topological polar surface area (TPSA) is 174 Å². The Morgan fingerprint density at radius 1 is 0.923 bits per heavy atom. The van der Waals surface area contributed by atoms with Gasteiger partial charge in [-0.1, -0.05) is 0 Å². The van der Waals surface area contributed by atoms with Gasteiger partial charge in [0.25, 0.3) is 0 Å². The van der Waals surface area contributed by atoms with Crippen molar-refractivity contribution in [1.29, 1.82) is 0 Å². The zero-order valence-corrected chi connectivity index (χ0v) is 22.3. The molecule has 0 unspecified atom stereocenters. The fourth-order valence-corrected chi connectivity index (χ4v) is 4.38. The molecule has 0 radical (unpaired) electrons. The maximum Gasteiger partial charge on any atom is 0.303 e. The van der Waals surface area contributed by atoms with Gasteiger partial charge in [0.15, 0.2) is 18.0 Å². The van der Waals surface area contributed by atoms with E-state index < -0.39 is 66.9 Å². The average molecular weight is 566 g/mol. The van der Waals surface area contributed by atoms with E-state index in [1.54, 1.807) is 10.9 Å². The Morgan fingerprint density at radius 2 is 1.56 bits per heavy atom. The van der Waals surface area contributed by atoms with E-state index in [1.807, 2.05) is 0 Å². The van der Waals surface area contributed by atoms with Crippen molar-refractivity contribution in [1.82, 2.24) is 4.98 Å². The highest BCUT2D eigenvalue weighted by atomic mass is 32.1. The van der Waals surface area contributed by atoms with Crippen LogP contribution in [-0.4, -0.2) is 77.1 Å². The van der Waals surface area contributed by atoms with Gasteiger partial charge in [0.2, 0.25) is 12.4 Å². The normalized spacial score (nSPS) is 22.3. The van der Waals surface area contributed by atoms with Gasteiger partial charge in [-0.05, 0) is 12.1 Å². The second-order valence-electron chi connectivity index (χ2n) is 8.44. The summed E-state index contributed by atoms with van der Waals surface area (Å²) < 4.78 is 32.7. The molecule has 1 aromatic carbocycles. The van der Waals surface area contributed by atoms with Gasteiger partial charge < -0.3 is 33.5 Å². The lowest BCUT2D eigenvalue weighted by atomic mass is 9.98. The Morgan fingerprint density at radius 3 is 2.13 bits per heavy atom. The highest BCUT2D eigenvalue weighted by Gasteiger charge is 2.53. The third kappa shape index (κ3) is 8.22. The molecule has 1 saturated heterocycles. The first kappa shape index (κ1) is 29.5. The molecule has 0 spiro atoms. The van der Waals surface area contributed by atoms with Gasteiger partial charge in [-0.2, -0.15) is 0 Å². The van der Waals surface area contributed by atoms with Crippen LogP contribution in [0.3, 0.4) is 0 Å². The summed E-state index contributed by atoms with van der Waals surface area (Å²) in [6.45, 7) is 4.04. The number of hydrogen-bond donors (Lipinski definition) is 1. The summed E-state index contributed by atoms with van der Waals surface area (Å²) in [6.07, 6.45) is -6.90. The molecule has 1 fully saturated rings. The summed E-state index contributed by atoms with van der Waals surface area (Å²) in [6, 6.07) is 3.87. The number of Topliss-reactive ketones (excluding diaryl/α,β-unsaturated/α-hetero) is 1. The van der Waals surface area contributed by atoms with Gasteiger partial charge >= 0.3 is 23.9 Å². The third-order valence-electron chi connectivity index (χ3n) is 5.30. The minimum absolute atomic E-state index is 0.00129. The molecule has 0 amide bonds. The van der Waals surface area contributed by atoms with Crippen LogP contribution in [-0.2, 0) is 49.3 Å². The smallest absolute Gasteiger partial charge is 0.303 e. The Balaban J connectivity index is 1.91. The Bertz CT molecular complexity index is 1210. The second-order valence-corrected chi connectivity index (χ2v) is 9.16. The van der Waals surface area contributed by atoms with Crippen LogP contribution in [0.25, 0.3) is 0 Å². The van der Waals surface area contributed by atoms with Crippen LogP contribution in [0, 0.1) is 0 Å². The van der Waals surface area contributed by atoms with Crippen LogP contribution < -0.4 is 4.74 Å². The van der Waals surface area contributed by atoms with E-state index in [1.165, 1.54) is 23.5 Å². The lowest BCUT2D eigenvalue weighted by molar-refractivity contribution is -0.288. The minimum Gasteiger partial charge on any atom is -0.507 e. The molecule has 210 valence electrons. The lowest BCUT2D eigenvalue weighted by Gasteiger charge is -2.43. The zero-order valence-electron chi connectivity index (χ0n) is 21.5. The van der Waals surface area contributed by atoms with Crippen LogP contribution in [0.5, 0.6) is 11.5 Å². The fourth-order valence-electron chi connectivity index (χ4n) is 3.82. The summed E-state index contributed by atoms with van der Waals surface area (Å²) in [5, 5.41) is 12.2. The summed E-state index contributed by atoms with van der Waals surface area (Å²) in [5.74, 6) is -3.78. The van der Waals surface area contributed by atoms with Crippen molar-refractivity contribution in [3.05, 3.63) is 40.3 Å². The van der Waals surface area contributed by atoms with E-state index >= 15 is 0 Å². The predicted octanol–water partition coefficient (Wildman–Crippen LogP) is 1.74. The molecule has 1 aliphatic rings. The zero-order chi connectivity index (χ0) is 28.7. The van der Waals surface area contributed by atoms with E-state index in [0.717, 1.165) is 33.8 Å². The summed E-state index contributed by atoms with van der Waals surface area (Å²) in [7, 11) is 0. The number of nitrogens with zero attached hydrogens (tertiary/aromatic N) is 1. The maximum atomic E-state index is 12.6. The Hall–Kier alpha value is -4.04. The number of ketones is 1. The van der Waals surface area contributed by atoms with Crippen LogP contribution in [0.4, 0.5) is 0 Å². The number of carbonyl (C=O) groups is 5. The summed E-state index contributed by atoms with van der Waals surface area (Å²) in [5.41, 5.74) is 2.17. The van der Waals surface area contributed by atoms with E-state index in [9.17, 15) is 29.1 Å². The minimum atomic E-state index is -1.48. The first-order chi connectivity index (χ1) is 18.4. The Kier molecular flexibility index (Phi) is 9.95. The Labute approximate surface area is 226 Å². The molecule has 39 heavy (non-hydrogen) atoms. The number of esters is 4. The molecular formula is C25H27NO12S. The average Bonchev–Trinajstić information content (AvgIpc) is 3.33. The van der Waals surface area contributed by atoms with E-state index in [2.05, 4.69) is 4.98 Å². The van der Waals surface area contributed by atoms with Crippen LogP contribution in [0.1, 0.15) is 43.7 Å². The number of benzene rings is 1. The molecule has 1 N–H and O–H groups in total. The quantitative estimate of drug-likeness (QED) is 0.251. The van der Waals surface area contributed by atoms with Gasteiger partial charge in [0.1, 0.15) is 24.2 Å². The molecule has 13 nitrogen and oxygen atoms in total. The standard InChI is InChI=1S/C25H27NO12S/c1-12(27)33-9-21-22(34-13(2)28)23(35-14(3)29)24(36-15(4)30)25(38-21)37-17-5-6-18(20(32)8-17)19(31)7-16-10-39-11-26-16/h5-6,8,10-11,21-25,32H,7,9H2,1-4H3/t21-,22-,23+,24-,25+/m0/s1. The van der Waals surface area contributed by atoms with Crippen molar-refractivity contribution in [2.45, 2.75) is 64.8 Å². The number of phenols is 1. The SMILES string of the molecule is CC(=O)OC[C@@H]1O[C@@H](Oc2ccc(C(=O)Cc3cscn3)c(O)c2)[C@@H](OC(C)=O)[C@H](OC(C)=O)[C@H]1OC(C)=O. The summed E-state index contributed by atoms with van der Waals surface area (Å²) >= 11 is 1.34. The number of ether oxygens (including phenoxy) is 6. The fraction of sp³-hybridized carbons (Fsp3) is 0.440. The molecule has 2 heterocycles. The van der Waals surface area contributed by atoms with Crippen LogP contribution in [0.15, 0.2) is 29.1 Å². The molecular weight excluding hydrogens is 538 g/mol. The van der Waals surface area contributed by atoms with Crippen molar-refractivity contribution in [2.75, 3.05) is 6.61 Å². The molecule has 5 atom stereocenters. The van der Waals surface area contributed by atoms with Crippen molar-refractivity contribution < 1.29 is 57.5 Å². The monoisotopic (exact) mass is 565 g/mol. The number of aromatic nitrogens is 1. The molecule has 3 rings (SSSR count). The first-order valence-corrected chi connectivity index (χ1v) is 12.6. The number of phenolic OH excluding ortho intramolecular Hbond substituents is 1. The third-order valence-corrected chi connectivity index (χ3v) is 5.93. The van der Waals surface area contributed by atoms with Crippen LogP contribution >= 0.6 is 11.3 Å². The van der Waals surface area contributed by atoms with Gasteiger partial charge in [-0.25, -0.2) is 4.98 Å². The van der Waals surface area contributed by atoms with Gasteiger partial charge in [0, 0.05) is 39.1 Å². The number of thiazole rings is 1. The van der Waals surface area contributed by atoms with E-state index in [4.69, 9.17) is 28.4 Å². The largest absolute Gasteiger partial charge is 0.507 e. The predicted molar refractivity (Wildman–Crippen MR) is 131 cm³/mol. The summed E-state index contributed by atoms with van der Waals surface area (Å²) in [4.78, 5) is 63.8. The number of rotatable bonds is 10. The molecule has 0 saturated carbocycles. The number of hydrogen-bond acceptors (Lipinski definition) is 14. The van der Waals surface area contributed by atoms with Crippen LogP contribution in [0.2, 0.25) is 0 Å². The van der Waals surface area contributed by atoms with E-state index in [-0.39, 0.29) is 23.5 Å². The molecule has 1 aliphatic heterocycles. The first-order valence-electron chi connectivity index (χ1n) is 11.6. The van der Waals surface area contributed by atoms with E-state index in [0.29, 0.717) is 5.69 Å². The van der Waals surface area contributed by atoms with Crippen molar-refractivity contribution >= 4 is 41.0 Å². The molecule has 14 heteroatoms. The van der Waals surface area contributed by atoms with Crippen molar-refractivity contribution in [3.8, 4) is 11.5 Å². The number of aromatic hydroxyl groups is 1.